The van der Waals surface area contributed by atoms with E-state index < -0.39 is 23.5 Å². The third-order valence-corrected chi connectivity index (χ3v) is 6.63. The molecule has 0 spiro atoms. The fourth-order valence-corrected chi connectivity index (χ4v) is 4.70. The second-order valence-electron chi connectivity index (χ2n) is 7.84. The topological polar surface area (TPSA) is 71.0 Å². The number of thiazole rings is 1. The molecule has 3 heterocycles. The van der Waals surface area contributed by atoms with Crippen molar-refractivity contribution >= 4 is 17.2 Å². The highest BCUT2D eigenvalue weighted by Crippen LogP contribution is 2.34. The van der Waals surface area contributed by atoms with E-state index in [1.807, 2.05) is 11.8 Å². The number of halogens is 4. The van der Waals surface area contributed by atoms with Crippen molar-refractivity contribution in [1.29, 1.82) is 0 Å². The first-order valence-electron chi connectivity index (χ1n) is 10.3. The summed E-state index contributed by atoms with van der Waals surface area (Å²) in [5.74, 6) is -4.55. The van der Waals surface area contributed by atoms with Gasteiger partial charge in [-0.2, -0.15) is 0 Å². The standard InChI is InChI=1S/C22H21F4N5OS/c1-13-19(33-12-30-13)18(31-6-4-22(25,26)5-7-31)11-29-21(32)16-8-14(2-3-17(16)24)20-27-9-15(23)10-28-20/h2-3,8-10,12,18H,4-7,11H2,1H3,(H,29,32). The fraction of sp³-hybridized carbons (Fsp3) is 0.364. The molecular formula is C22H21F4N5OS. The van der Waals surface area contributed by atoms with E-state index >= 15 is 0 Å². The van der Waals surface area contributed by atoms with Gasteiger partial charge in [0.2, 0.25) is 0 Å². The molecule has 0 radical (unpaired) electrons. The Morgan fingerprint density at radius 3 is 2.52 bits per heavy atom. The molecule has 0 saturated carbocycles. The smallest absolute Gasteiger partial charge is 0.254 e. The van der Waals surface area contributed by atoms with E-state index in [0.29, 0.717) is 5.56 Å². The number of hydrogen-bond donors (Lipinski definition) is 1. The van der Waals surface area contributed by atoms with Crippen LogP contribution in [0.1, 0.15) is 39.8 Å². The van der Waals surface area contributed by atoms with Crippen molar-refractivity contribution in [3.63, 3.8) is 0 Å². The van der Waals surface area contributed by atoms with Crippen molar-refractivity contribution in [2.75, 3.05) is 19.6 Å². The van der Waals surface area contributed by atoms with Gasteiger partial charge in [0, 0.05) is 42.9 Å². The van der Waals surface area contributed by atoms with Crippen LogP contribution in [0.4, 0.5) is 17.6 Å². The summed E-state index contributed by atoms with van der Waals surface area (Å²) in [5.41, 5.74) is 2.57. The first-order chi connectivity index (χ1) is 15.7. The molecular weight excluding hydrogens is 458 g/mol. The molecule has 0 aliphatic carbocycles. The molecule has 4 rings (SSSR count). The van der Waals surface area contributed by atoms with Crippen LogP contribution in [-0.2, 0) is 0 Å². The SMILES string of the molecule is Cc1ncsc1C(CNC(=O)c1cc(-c2ncc(F)cn2)ccc1F)N1CCC(F)(F)CC1. The molecule has 174 valence electrons. The Balaban J connectivity index is 1.52. The first-order valence-corrected chi connectivity index (χ1v) is 11.2. The van der Waals surface area contributed by atoms with Crippen molar-refractivity contribution in [2.24, 2.45) is 0 Å². The van der Waals surface area contributed by atoms with Gasteiger partial charge in [0.15, 0.2) is 11.6 Å². The average Bonchev–Trinajstić information content (AvgIpc) is 3.21. The minimum Gasteiger partial charge on any atom is -0.350 e. The van der Waals surface area contributed by atoms with Crippen molar-refractivity contribution in [2.45, 2.75) is 31.7 Å². The molecule has 1 N–H and O–H groups in total. The summed E-state index contributed by atoms with van der Waals surface area (Å²) < 4.78 is 54.9. The number of benzene rings is 1. The maximum absolute atomic E-state index is 14.4. The minimum atomic E-state index is -2.70. The van der Waals surface area contributed by atoms with Gasteiger partial charge in [0.25, 0.3) is 11.8 Å². The Morgan fingerprint density at radius 2 is 1.88 bits per heavy atom. The molecule has 1 unspecified atom stereocenters. The molecule has 1 aliphatic heterocycles. The number of nitrogens with one attached hydrogen (secondary N) is 1. The number of likely N-dealkylation sites (tertiary alicyclic amines) is 1. The lowest BCUT2D eigenvalue weighted by molar-refractivity contribution is -0.0629. The van der Waals surface area contributed by atoms with Crippen LogP contribution < -0.4 is 5.32 Å². The number of alkyl halides is 2. The quantitative estimate of drug-likeness (QED) is 0.531. The number of aryl methyl sites for hydroxylation is 1. The lowest BCUT2D eigenvalue weighted by Gasteiger charge is -2.37. The highest BCUT2D eigenvalue weighted by atomic mass is 32.1. The summed E-state index contributed by atoms with van der Waals surface area (Å²) in [5, 5.41) is 2.73. The monoisotopic (exact) mass is 479 g/mol. The number of carbonyl (C=O) groups is 1. The van der Waals surface area contributed by atoms with E-state index in [0.717, 1.165) is 29.0 Å². The summed E-state index contributed by atoms with van der Waals surface area (Å²) in [7, 11) is 0. The van der Waals surface area contributed by atoms with E-state index in [2.05, 4.69) is 20.3 Å². The molecule has 3 aromatic rings. The van der Waals surface area contributed by atoms with Gasteiger partial charge in [0.05, 0.1) is 35.2 Å². The summed E-state index contributed by atoms with van der Waals surface area (Å²) >= 11 is 1.39. The number of aromatic nitrogens is 3. The van der Waals surface area contributed by atoms with Gasteiger partial charge in [0.1, 0.15) is 5.82 Å². The first kappa shape index (κ1) is 23.2. The molecule has 1 amide bonds. The zero-order chi connectivity index (χ0) is 23.6. The second kappa shape index (κ2) is 9.52. The molecule has 1 aliphatic rings. The van der Waals surface area contributed by atoms with Crippen molar-refractivity contribution in [3.05, 3.63) is 63.9 Å². The summed E-state index contributed by atoms with van der Waals surface area (Å²) in [4.78, 5) is 27.6. The number of amides is 1. The molecule has 0 bridgehead atoms. The maximum Gasteiger partial charge on any atom is 0.254 e. The van der Waals surface area contributed by atoms with Gasteiger partial charge in [-0.3, -0.25) is 9.69 Å². The number of nitrogens with zero attached hydrogens (tertiary/aromatic N) is 4. The average molecular weight is 480 g/mol. The molecule has 1 fully saturated rings. The van der Waals surface area contributed by atoms with Crippen LogP contribution in [-0.4, -0.2) is 51.3 Å². The Morgan fingerprint density at radius 1 is 1.18 bits per heavy atom. The Hall–Kier alpha value is -2.92. The maximum atomic E-state index is 14.4. The number of hydrogen-bond acceptors (Lipinski definition) is 6. The Bertz CT molecular complexity index is 1130. The van der Waals surface area contributed by atoms with Crippen LogP contribution >= 0.6 is 11.3 Å². The third kappa shape index (κ3) is 5.36. The summed E-state index contributed by atoms with van der Waals surface area (Å²) in [6.07, 6.45) is 1.44. The van der Waals surface area contributed by atoms with Crippen molar-refractivity contribution in [1.82, 2.24) is 25.2 Å². The zero-order valence-corrected chi connectivity index (χ0v) is 18.5. The van der Waals surface area contributed by atoms with Crippen LogP contribution in [0.3, 0.4) is 0 Å². The fourth-order valence-electron chi connectivity index (χ4n) is 3.77. The molecule has 1 saturated heterocycles. The molecule has 1 aromatic carbocycles. The van der Waals surface area contributed by atoms with E-state index in [1.165, 1.54) is 23.5 Å². The minimum absolute atomic E-state index is 0.101. The molecule has 33 heavy (non-hydrogen) atoms. The van der Waals surface area contributed by atoms with Crippen molar-refractivity contribution in [3.8, 4) is 11.4 Å². The van der Waals surface area contributed by atoms with Gasteiger partial charge in [-0.05, 0) is 25.1 Å². The number of rotatable bonds is 6. The lowest BCUT2D eigenvalue weighted by atomic mass is 10.0. The normalized spacial score (nSPS) is 17.0. The van der Waals surface area contributed by atoms with E-state index in [4.69, 9.17) is 0 Å². The summed E-state index contributed by atoms with van der Waals surface area (Å²) in [6, 6.07) is 3.46. The van der Waals surface area contributed by atoms with Crippen LogP contribution in [0.15, 0.2) is 36.1 Å². The van der Waals surface area contributed by atoms with E-state index in [9.17, 15) is 22.4 Å². The zero-order valence-electron chi connectivity index (χ0n) is 17.7. The predicted octanol–water partition coefficient (Wildman–Crippen LogP) is 4.39. The molecule has 1 atom stereocenters. The van der Waals surface area contributed by atoms with E-state index in [1.54, 1.807) is 5.51 Å². The lowest BCUT2D eigenvalue weighted by Crippen LogP contribution is -2.45. The van der Waals surface area contributed by atoms with Gasteiger partial charge in [-0.15, -0.1) is 11.3 Å². The van der Waals surface area contributed by atoms with Crippen LogP contribution in [0, 0.1) is 18.6 Å². The summed E-state index contributed by atoms with van der Waals surface area (Å²) in [6.45, 7) is 2.28. The van der Waals surface area contributed by atoms with E-state index in [-0.39, 0.29) is 49.9 Å². The highest BCUT2D eigenvalue weighted by Gasteiger charge is 2.37. The van der Waals surface area contributed by atoms with Gasteiger partial charge in [-0.25, -0.2) is 32.5 Å². The van der Waals surface area contributed by atoms with Crippen LogP contribution in [0.2, 0.25) is 0 Å². The predicted molar refractivity (Wildman–Crippen MR) is 115 cm³/mol. The van der Waals surface area contributed by atoms with Crippen LogP contribution in [0.5, 0.6) is 0 Å². The van der Waals surface area contributed by atoms with Gasteiger partial charge in [-0.1, -0.05) is 0 Å². The number of piperidine rings is 1. The van der Waals surface area contributed by atoms with Crippen molar-refractivity contribution < 1.29 is 22.4 Å². The van der Waals surface area contributed by atoms with Gasteiger partial charge < -0.3 is 5.32 Å². The number of carbonyl (C=O) groups excluding carboxylic acids is 1. The molecule has 6 nitrogen and oxygen atoms in total. The largest absolute Gasteiger partial charge is 0.350 e. The Labute approximate surface area is 191 Å². The highest BCUT2D eigenvalue weighted by molar-refractivity contribution is 7.09. The second-order valence-corrected chi connectivity index (χ2v) is 8.73. The van der Waals surface area contributed by atoms with Gasteiger partial charge >= 0.3 is 0 Å². The molecule has 2 aromatic heterocycles. The Kier molecular flexibility index (Phi) is 6.71. The molecule has 11 heteroatoms. The van der Waals surface area contributed by atoms with Crippen LogP contribution in [0.25, 0.3) is 11.4 Å². The third-order valence-electron chi connectivity index (χ3n) is 5.60.